The largest absolute Gasteiger partial charge is 0.480 e. The van der Waals surface area contributed by atoms with Crippen LogP contribution in [0.3, 0.4) is 0 Å². The SMILES string of the molecule is CC(c1ccc(C(C)(C)C)cc1)N1CCCC1C(=O)O. The molecule has 3 nitrogen and oxygen atoms in total. The standard InChI is InChI=1S/C17H25NO2/c1-12(18-11-5-6-15(18)16(19)20)13-7-9-14(10-8-13)17(2,3)4/h7-10,12,15H,5-6,11H2,1-4H3,(H,19,20). The van der Waals surface area contributed by atoms with Crippen LogP contribution >= 0.6 is 0 Å². The van der Waals surface area contributed by atoms with Crippen molar-refractivity contribution in [2.24, 2.45) is 0 Å². The number of hydrogen-bond donors (Lipinski definition) is 1. The van der Waals surface area contributed by atoms with Crippen LogP contribution in [0.5, 0.6) is 0 Å². The molecule has 2 atom stereocenters. The van der Waals surface area contributed by atoms with Crippen molar-refractivity contribution in [1.29, 1.82) is 0 Å². The van der Waals surface area contributed by atoms with E-state index in [0.29, 0.717) is 0 Å². The zero-order valence-electron chi connectivity index (χ0n) is 12.9. The Morgan fingerprint density at radius 1 is 1.30 bits per heavy atom. The maximum Gasteiger partial charge on any atom is 0.320 e. The molecule has 1 aromatic rings. The summed E-state index contributed by atoms with van der Waals surface area (Å²) in [4.78, 5) is 13.4. The molecule has 2 rings (SSSR count). The lowest BCUT2D eigenvalue weighted by Gasteiger charge is -2.29. The van der Waals surface area contributed by atoms with E-state index in [9.17, 15) is 9.90 Å². The van der Waals surface area contributed by atoms with Crippen LogP contribution in [0.2, 0.25) is 0 Å². The van der Waals surface area contributed by atoms with Crippen LogP contribution in [0.1, 0.15) is 57.7 Å². The van der Waals surface area contributed by atoms with Crippen LogP contribution in [0, 0.1) is 0 Å². The van der Waals surface area contributed by atoms with Crippen LogP contribution in [0.15, 0.2) is 24.3 Å². The maximum atomic E-state index is 11.3. The summed E-state index contributed by atoms with van der Waals surface area (Å²) in [6, 6.07) is 8.44. The molecule has 0 amide bonds. The predicted octanol–water partition coefficient (Wildman–Crippen LogP) is 3.59. The van der Waals surface area contributed by atoms with Gasteiger partial charge < -0.3 is 5.11 Å². The fourth-order valence-corrected chi connectivity index (χ4v) is 2.97. The van der Waals surface area contributed by atoms with Crippen molar-refractivity contribution in [3.8, 4) is 0 Å². The molecule has 0 spiro atoms. The van der Waals surface area contributed by atoms with Crippen molar-refractivity contribution in [2.75, 3.05) is 6.54 Å². The van der Waals surface area contributed by atoms with Gasteiger partial charge in [0.2, 0.25) is 0 Å². The highest BCUT2D eigenvalue weighted by Crippen LogP contribution is 2.30. The first-order valence-electron chi connectivity index (χ1n) is 7.39. The molecule has 1 heterocycles. The normalized spacial score (nSPS) is 21.9. The lowest BCUT2D eigenvalue weighted by molar-refractivity contribution is -0.142. The van der Waals surface area contributed by atoms with Crippen molar-refractivity contribution in [3.05, 3.63) is 35.4 Å². The van der Waals surface area contributed by atoms with Gasteiger partial charge in [0.25, 0.3) is 0 Å². The molecule has 0 aromatic heterocycles. The summed E-state index contributed by atoms with van der Waals surface area (Å²) >= 11 is 0. The molecule has 20 heavy (non-hydrogen) atoms. The number of carboxylic acids is 1. The lowest BCUT2D eigenvalue weighted by atomic mass is 9.86. The molecular weight excluding hydrogens is 250 g/mol. The molecule has 1 N–H and O–H groups in total. The number of likely N-dealkylation sites (tertiary alicyclic amines) is 1. The monoisotopic (exact) mass is 275 g/mol. The molecule has 3 heteroatoms. The number of carboxylic acid groups (broad SMARTS) is 1. The second-order valence-electron chi connectivity index (χ2n) is 6.78. The van der Waals surface area contributed by atoms with E-state index in [1.165, 1.54) is 11.1 Å². The van der Waals surface area contributed by atoms with Crippen molar-refractivity contribution in [1.82, 2.24) is 4.90 Å². The summed E-state index contributed by atoms with van der Waals surface area (Å²) in [5.41, 5.74) is 2.66. The summed E-state index contributed by atoms with van der Waals surface area (Å²) in [6.45, 7) is 9.58. The summed E-state index contributed by atoms with van der Waals surface area (Å²) in [5, 5.41) is 9.29. The van der Waals surface area contributed by atoms with Gasteiger partial charge in [-0.15, -0.1) is 0 Å². The van der Waals surface area contributed by atoms with Gasteiger partial charge in [-0.2, -0.15) is 0 Å². The highest BCUT2D eigenvalue weighted by molar-refractivity contribution is 5.73. The number of aliphatic carboxylic acids is 1. The molecule has 1 aliphatic rings. The van der Waals surface area contributed by atoms with Crippen LogP contribution in [-0.2, 0) is 10.2 Å². The zero-order chi connectivity index (χ0) is 14.9. The molecule has 2 unspecified atom stereocenters. The quantitative estimate of drug-likeness (QED) is 0.916. The Bertz CT molecular complexity index is 473. The van der Waals surface area contributed by atoms with Gasteiger partial charge in [0.15, 0.2) is 0 Å². The molecule has 0 saturated carbocycles. The highest BCUT2D eigenvalue weighted by Gasteiger charge is 2.34. The summed E-state index contributed by atoms with van der Waals surface area (Å²) in [6.07, 6.45) is 1.74. The van der Waals surface area contributed by atoms with Gasteiger partial charge in [-0.05, 0) is 42.9 Å². The third kappa shape index (κ3) is 3.04. The topological polar surface area (TPSA) is 40.5 Å². The molecule has 0 bridgehead atoms. The van der Waals surface area contributed by atoms with E-state index in [1.807, 2.05) is 0 Å². The number of rotatable bonds is 3. The Labute approximate surface area is 121 Å². The highest BCUT2D eigenvalue weighted by atomic mass is 16.4. The van der Waals surface area contributed by atoms with Crippen molar-refractivity contribution in [2.45, 2.75) is 58.0 Å². The minimum absolute atomic E-state index is 0.152. The van der Waals surface area contributed by atoms with E-state index < -0.39 is 5.97 Å². The Morgan fingerprint density at radius 2 is 1.90 bits per heavy atom. The average molecular weight is 275 g/mol. The van der Waals surface area contributed by atoms with E-state index in [0.717, 1.165) is 19.4 Å². The molecule has 1 saturated heterocycles. The summed E-state index contributed by atoms with van der Waals surface area (Å²) < 4.78 is 0. The Kier molecular flexibility index (Phi) is 4.19. The van der Waals surface area contributed by atoms with E-state index in [4.69, 9.17) is 0 Å². The minimum atomic E-state index is -0.694. The third-order valence-corrected chi connectivity index (χ3v) is 4.34. The third-order valence-electron chi connectivity index (χ3n) is 4.34. The van der Waals surface area contributed by atoms with Crippen LogP contribution in [-0.4, -0.2) is 28.6 Å². The van der Waals surface area contributed by atoms with Gasteiger partial charge in [0, 0.05) is 6.04 Å². The van der Waals surface area contributed by atoms with Crippen LogP contribution < -0.4 is 0 Å². The Morgan fingerprint density at radius 3 is 2.40 bits per heavy atom. The first-order valence-corrected chi connectivity index (χ1v) is 7.39. The fourth-order valence-electron chi connectivity index (χ4n) is 2.97. The molecule has 0 aliphatic carbocycles. The Hall–Kier alpha value is -1.35. The second kappa shape index (κ2) is 5.57. The molecular formula is C17H25NO2. The van der Waals surface area contributed by atoms with Crippen LogP contribution in [0.25, 0.3) is 0 Å². The second-order valence-corrected chi connectivity index (χ2v) is 6.78. The van der Waals surface area contributed by atoms with E-state index in [1.54, 1.807) is 0 Å². The van der Waals surface area contributed by atoms with Crippen LogP contribution in [0.4, 0.5) is 0 Å². The average Bonchev–Trinajstić information content (AvgIpc) is 2.86. The minimum Gasteiger partial charge on any atom is -0.480 e. The van der Waals surface area contributed by atoms with E-state index >= 15 is 0 Å². The van der Waals surface area contributed by atoms with E-state index in [-0.39, 0.29) is 17.5 Å². The van der Waals surface area contributed by atoms with Gasteiger partial charge in [-0.1, -0.05) is 45.0 Å². The molecule has 1 fully saturated rings. The van der Waals surface area contributed by atoms with Crippen molar-refractivity contribution < 1.29 is 9.90 Å². The van der Waals surface area contributed by atoms with Crippen molar-refractivity contribution in [3.63, 3.8) is 0 Å². The van der Waals surface area contributed by atoms with Gasteiger partial charge in [-0.3, -0.25) is 9.69 Å². The van der Waals surface area contributed by atoms with E-state index in [2.05, 4.69) is 56.9 Å². The summed E-state index contributed by atoms with van der Waals surface area (Å²) in [5.74, 6) is -0.694. The number of carbonyl (C=O) groups is 1. The fraction of sp³-hybridized carbons (Fsp3) is 0.588. The summed E-state index contributed by atoms with van der Waals surface area (Å²) in [7, 11) is 0. The van der Waals surface area contributed by atoms with Crippen molar-refractivity contribution >= 4 is 5.97 Å². The molecule has 110 valence electrons. The number of hydrogen-bond acceptors (Lipinski definition) is 2. The number of benzene rings is 1. The van der Waals surface area contributed by atoms with Gasteiger partial charge in [0.1, 0.15) is 6.04 Å². The molecule has 1 aliphatic heterocycles. The lowest BCUT2D eigenvalue weighted by Crippen LogP contribution is -2.37. The maximum absolute atomic E-state index is 11.3. The predicted molar refractivity (Wildman–Crippen MR) is 80.9 cm³/mol. The smallest absolute Gasteiger partial charge is 0.320 e. The first-order chi connectivity index (χ1) is 9.30. The molecule has 1 aromatic carbocycles. The van der Waals surface area contributed by atoms with Gasteiger partial charge >= 0.3 is 5.97 Å². The first kappa shape index (κ1) is 15.0. The Balaban J connectivity index is 2.17. The molecule has 0 radical (unpaired) electrons. The van der Waals surface area contributed by atoms with Gasteiger partial charge in [0.05, 0.1) is 0 Å². The zero-order valence-corrected chi connectivity index (χ0v) is 12.9. The number of nitrogens with zero attached hydrogens (tertiary/aromatic N) is 1. The van der Waals surface area contributed by atoms with Gasteiger partial charge in [-0.25, -0.2) is 0 Å².